The minimum Gasteiger partial charge on any atom is -0.488 e. The number of hydrogen-bond donors (Lipinski definition) is 1. The van der Waals surface area contributed by atoms with Gasteiger partial charge in [0.15, 0.2) is 0 Å². The summed E-state index contributed by atoms with van der Waals surface area (Å²) in [4.78, 5) is 10.7. The third kappa shape index (κ3) is 1.95. The molecule has 0 spiro atoms. The lowest BCUT2D eigenvalue weighted by Crippen LogP contribution is -2.21. The number of ether oxygens (including phenoxy) is 1. The van der Waals surface area contributed by atoms with Crippen LogP contribution in [0.5, 0.6) is 5.75 Å². The van der Waals surface area contributed by atoms with Crippen LogP contribution in [-0.2, 0) is 13.0 Å². The van der Waals surface area contributed by atoms with Crippen LogP contribution in [-0.4, -0.2) is 27.0 Å². The number of rotatable bonds is 3. The first kappa shape index (κ1) is 10.8. The summed E-state index contributed by atoms with van der Waals surface area (Å²) in [5.41, 5.74) is 1.39. The predicted molar refractivity (Wildman–Crippen MR) is 63.7 cm³/mol. The molecule has 1 aliphatic rings. The zero-order chi connectivity index (χ0) is 12.5. The SMILES string of the molecule is O=C(O)c1cnn(CC2Cc3ccccc3O2)c1. The minimum atomic E-state index is -0.961. The summed E-state index contributed by atoms with van der Waals surface area (Å²) in [6, 6.07) is 7.92. The van der Waals surface area contributed by atoms with Gasteiger partial charge in [0.2, 0.25) is 0 Å². The molecule has 1 N–H and O–H groups in total. The molecule has 0 aliphatic carbocycles. The van der Waals surface area contributed by atoms with E-state index in [1.807, 2.05) is 24.3 Å². The van der Waals surface area contributed by atoms with E-state index in [0.717, 1.165) is 12.2 Å². The Morgan fingerprint density at radius 1 is 1.50 bits per heavy atom. The molecule has 0 bridgehead atoms. The van der Waals surface area contributed by atoms with Gasteiger partial charge >= 0.3 is 5.97 Å². The average molecular weight is 244 g/mol. The highest BCUT2D eigenvalue weighted by molar-refractivity contribution is 5.86. The Morgan fingerprint density at radius 2 is 2.33 bits per heavy atom. The van der Waals surface area contributed by atoms with Crippen LogP contribution in [0.25, 0.3) is 0 Å². The number of carboxylic acid groups (broad SMARTS) is 1. The third-order valence-electron chi connectivity index (χ3n) is 2.98. The summed E-state index contributed by atoms with van der Waals surface area (Å²) in [7, 11) is 0. The first-order valence-electron chi connectivity index (χ1n) is 5.72. The van der Waals surface area contributed by atoms with Gasteiger partial charge in [0.25, 0.3) is 0 Å². The Morgan fingerprint density at radius 3 is 3.06 bits per heavy atom. The first-order valence-corrected chi connectivity index (χ1v) is 5.72. The molecule has 3 rings (SSSR count). The molecule has 1 aromatic carbocycles. The molecule has 0 saturated heterocycles. The second-order valence-electron chi connectivity index (χ2n) is 4.31. The Kier molecular flexibility index (Phi) is 2.51. The summed E-state index contributed by atoms with van der Waals surface area (Å²) in [6.45, 7) is 0.558. The van der Waals surface area contributed by atoms with Crippen LogP contribution < -0.4 is 4.74 Å². The standard InChI is InChI=1S/C13H12N2O3/c16-13(17)10-6-14-15(7-10)8-11-5-9-3-1-2-4-12(9)18-11/h1-4,6-7,11H,5,8H2,(H,16,17). The smallest absolute Gasteiger partial charge is 0.338 e. The van der Waals surface area contributed by atoms with Crippen molar-refractivity contribution in [1.29, 1.82) is 0 Å². The van der Waals surface area contributed by atoms with E-state index in [9.17, 15) is 4.79 Å². The van der Waals surface area contributed by atoms with Gasteiger partial charge in [-0.2, -0.15) is 5.10 Å². The molecule has 92 valence electrons. The monoisotopic (exact) mass is 244 g/mol. The molecule has 5 heteroatoms. The number of carboxylic acids is 1. The van der Waals surface area contributed by atoms with Crippen molar-refractivity contribution >= 4 is 5.97 Å². The topological polar surface area (TPSA) is 64.3 Å². The summed E-state index contributed by atoms with van der Waals surface area (Å²) in [5.74, 6) is -0.0509. The Hall–Kier alpha value is -2.30. The number of aromatic carboxylic acids is 1. The van der Waals surface area contributed by atoms with Crippen LogP contribution in [0, 0.1) is 0 Å². The lowest BCUT2D eigenvalue weighted by atomic mass is 10.1. The summed E-state index contributed by atoms with van der Waals surface area (Å²) in [5, 5.41) is 12.8. The van der Waals surface area contributed by atoms with Crippen molar-refractivity contribution in [3.05, 3.63) is 47.8 Å². The maximum Gasteiger partial charge on any atom is 0.338 e. The van der Waals surface area contributed by atoms with E-state index < -0.39 is 5.97 Å². The molecule has 0 fully saturated rings. The molecule has 0 saturated carbocycles. The van der Waals surface area contributed by atoms with Crippen molar-refractivity contribution in [3.8, 4) is 5.75 Å². The van der Waals surface area contributed by atoms with Gasteiger partial charge in [-0.15, -0.1) is 0 Å². The maximum absolute atomic E-state index is 10.7. The van der Waals surface area contributed by atoms with E-state index in [4.69, 9.17) is 9.84 Å². The quantitative estimate of drug-likeness (QED) is 0.890. The second-order valence-corrected chi connectivity index (χ2v) is 4.31. The largest absolute Gasteiger partial charge is 0.488 e. The number of para-hydroxylation sites is 1. The summed E-state index contributed by atoms with van der Waals surface area (Å²) < 4.78 is 7.38. The lowest BCUT2D eigenvalue weighted by Gasteiger charge is -2.10. The molecule has 1 atom stereocenters. The van der Waals surface area contributed by atoms with Crippen LogP contribution in [0.4, 0.5) is 0 Å². The van der Waals surface area contributed by atoms with Gasteiger partial charge in [-0.05, 0) is 11.6 Å². The predicted octanol–water partition coefficient (Wildman–Crippen LogP) is 1.58. The molecule has 2 heterocycles. The van der Waals surface area contributed by atoms with Crippen molar-refractivity contribution in [2.75, 3.05) is 0 Å². The molecule has 18 heavy (non-hydrogen) atoms. The molecular formula is C13H12N2O3. The van der Waals surface area contributed by atoms with Crippen LogP contribution in [0.2, 0.25) is 0 Å². The zero-order valence-electron chi connectivity index (χ0n) is 9.61. The van der Waals surface area contributed by atoms with Crippen molar-refractivity contribution < 1.29 is 14.6 Å². The normalized spacial score (nSPS) is 17.2. The molecule has 0 amide bonds. The second kappa shape index (κ2) is 4.18. The van der Waals surface area contributed by atoms with Crippen molar-refractivity contribution in [2.24, 2.45) is 0 Å². The summed E-state index contributed by atoms with van der Waals surface area (Å²) in [6.07, 6.45) is 3.72. The molecule has 5 nitrogen and oxygen atoms in total. The van der Waals surface area contributed by atoms with Crippen LogP contribution in [0.3, 0.4) is 0 Å². The van der Waals surface area contributed by atoms with Gasteiger partial charge in [0.05, 0.1) is 18.3 Å². The minimum absolute atomic E-state index is 0.0175. The third-order valence-corrected chi connectivity index (χ3v) is 2.98. The molecular weight excluding hydrogens is 232 g/mol. The molecule has 1 unspecified atom stereocenters. The Labute approximate surface area is 104 Å². The van der Waals surface area contributed by atoms with Gasteiger partial charge in [0.1, 0.15) is 11.9 Å². The zero-order valence-corrected chi connectivity index (χ0v) is 9.61. The highest BCUT2D eigenvalue weighted by Crippen LogP contribution is 2.28. The Bertz CT molecular complexity index is 566. The van der Waals surface area contributed by atoms with Crippen LogP contribution in [0.1, 0.15) is 15.9 Å². The fraction of sp³-hybridized carbons (Fsp3) is 0.231. The lowest BCUT2D eigenvalue weighted by molar-refractivity contribution is 0.0696. The number of aromatic nitrogens is 2. The van der Waals surface area contributed by atoms with E-state index >= 15 is 0 Å². The van der Waals surface area contributed by atoms with Gasteiger partial charge in [-0.25, -0.2) is 4.79 Å². The molecule has 1 aromatic heterocycles. The molecule has 2 aromatic rings. The van der Waals surface area contributed by atoms with Crippen molar-refractivity contribution in [3.63, 3.8) is 0 Å². The van der Waals surface area contributed by atoms with Gasteiger partial charge in [-0.3, -0.25) is 4.68 Å². The van der Waals surface area contributed by atoms with Gasteiger partial charge in [0, 0.05) is 12.6 Å². The number of benzene rings is 1. The number of hydrogen-bond acceptors (Lipinski definition) is 3. The highest BCUT2D eigenvalue weighted by Gasteiger charge is 2.23. The van der Waals surface area contributed by atoms with E-state index in [1.165, 1.54) is 18.0 Å². The van der Waals surface area contributed by atoms with Crippen LogP contribution in [0.15, 0.2) is 36.7 Å². The molecule has 1 aliphatic heterocycles. The number of fused-ring (bicyclic) bond motifs is 1. The fourth-order valence-corrected chi connectivity index (χ4v) is 2.14. The first-order chi connectivity index (χ1) is 8.72. The highest BCUT2D eigenvalue weighted by atomic mass is 16.5. The average Bonchev–Trinajstić information content (AvgIpc) is 2.94. The maximum atomic E-state index is 10.7. The van der Waals surface area contributed by atoms with E-state index in [-0.39, 0.29) is 11.7 Å². The van der Waals surface area contributed by atoms with Crippen molar-refractivity contribution in [2.45, 2.75) is 19.1 Å². The van der Waals surface area contributed by atoms with Gasteiger partial charge < -0.3 is 9.84 Å². The Balaban J connectivity index is 1.70. The fourth-order valence-electron chi connectivity index (χ4n) is 2.14. The van der Waals surface area contributed by atoms with Gasteiger partial charge in [-0.1, -0.05) is 18.2 Å². The van der Waals surface area contributed by atoms with E-state index in [0.29, 0.717) is 6.54 Å². The number of nitrogens with zero attached hydrogens (tertiary/aromatic N) is 2. The number of carbonyl (C=O) groups is 1. The molecule has 0 radical (unpaired) electrons. The van der Waals surface area contributed by atoms with E-state index in [1.54, 1.807) is 4.68 Å². The van der Waals surface area contributed by atoms with E-state index in [2.05, 4.69) is 5.10 Å². The van der Waals surface area contributed by atoms with Crippen molar-refractivity contribution in [1.82, 2.24) is 9.78 Å². The summed E-state index contributed by atoms with van der Waals surface area (Å²) >= 11 is 0. The van der Waals surface area contributed by atoms with Crippen LogP contribution >= 0.6 is 0 Å².